The number of nitrogens with one attached hydrogen (secondary N) is 1. The van der Waals surface area contributed by atoms with Crippen molar-refractivity contribution in [3.05, 3.63) is 24.0 Å². The predicted octanol–water partition coefficient (Wildman–Crippen LogP) is 3.91. The summed E-state index contributed by atoms with van der Waals surface area (Å²) in [6, 6.07) is 5.12. The van der Waals surface area contributed by atoms with Gasteiger partial charge in [-0.15, -0.1) is 0 Å². The van der Waals surface area contributed by atoms with E-state index in [0.29, 0.717) is 23.4 Å². The SMILES string of the molecule is COc1ccc(F)c(NC2=NC3CCCCC3CS2)c1. The summed E-state index contributed by atoms with van der Waals surface area (Å²) in [4.78, 5) is 4.76. The Bertz CT molecular complexity index is 521. The van der Waals surface area contributed by atoms with Crippen molar-refractivity contribution in [2.45, 2.75) is 31.7 Å². The Kier molecular flexibility index (Phi) is 4.15. The van der Waals surface area contributed by atoms with Crippen molar-refractivity contribution in [3.8, 4) is 5.75 Å². The molecular weight excluding hydrogens is 275 g/mol. The lowest BCUT2D eigenvalue weighted by atomic mass is 9.86. The third kappa shape index (κ3) is 2.92. The standard InChI is InChI=1S/C15H19FN2OS/c1-19-11-6-7-12(16)14(8-11)18-15-17-13-5-3-2-4-10(13)9-20-15/h6-8,10,13H,2-5,9H2,1H3,(H,17,18). The first-order valence-electron chi connectivity index (χ1n) is 7.07. The van der Waals surface area contributed by atoms with E-state index in [-0.39, 0.29) is 5.82 Å². The molecule has 0 aromatic heterocycles. The van der Waals surface area contributed by atoms with E-state index in [1.165, 1.54) is 25.3 Å². The Morgan fingerprint density at radius 1 is 1.35 bits per heavy atom. The van der Waals surface area contributed by atoms with Crippen LogP contribution in [0.5, 0.6) is 5.75 Å². The average Bonchev–Trinajstić information content (AvgIpc) is 2.49. The number of hydrogen-bond donors (Lipinski definition) is 1. The minimum absolute atomic E-state index is 0.278. The fourth-order valence-electron chi connectivity index (χ4n) is 2.84. The zero-order valence-electron chi connectivity index (χ0n) is 11.6. The van der Waals surface area contributed by atoms with Gasteiger partial charge in [0.15, 0.2) is 5.17 Å². The molecule has 2 aliphatic rings. The number of nitrogens with zero attached hydrogens (tertiary/aromatic N) is 1. The van der Waals surface area contributed by atoms with Crippen molar-refractivity contribution in [2.75, 3.05) is 18.2 Å². The van der Waals surface area contributed by atoms with Crippen LogP contribution in [-0.2, 0) is 0 Å². The lowest BCUT2D eigenvalue weighted by Gasteiger charge is -2.32. The molecule has 3 nitrogen and oxygen atoms in total. The maximum absolute atomic E-state index is 13.8. The van der Waals surface area contributed by atoms with E-state index in [9.17, 15) is 4.39 Å². The third-order valence-electron chi connectivity index (χ3n) is 4.00. The van der Waals surface area contributed by atoms with E-state index in [0.717, 1.165) is 17.3 Å². The summed E-state index contributed by atoms with van der Waals surface area (Å²) < 4.78 is 18.9. The summed E-state index contributed by atoms with van der Waals surface area (Å²) in [5.41, 5.74) is 0.435. The molecular formula is C15H19FN2OS. The molecule has 1 N–H and O–H groups in total. The second kappa shape index (κ2) is 6.04. The normalized spacial score (nSPS) is 25.6. The van der Waals surface area contributed by atoms with Gasteiger partial charge in [0, 0.05) is 11.8 Å². The molecule has 1 heterocycles. The van der Waals surface area contributed by atoms with E-state index < -0.39 is 0 Å². The van der Waals surface area contributed by atoms with Crippen LogP contribution in [0, 0.1) is 11.7 Å². The highest BCUT2D eigenvalue weighted by Crippen LogP contribution is 2.34. The lowest BCUT2D eigenvalue weighted by molar-refractivity contribution is 0.336. The van der Waals surface area contributed by atoms with Crippen LogP contribution < -0.4 is 10.1 Å². The van der Waals surface area contributed by atoms with E-state index >= 15 is 0 Å². The van der Waals surface area contributed by atoms with Crippen LogP contribution in [0.15, 0.2) is 23.2 Å². The summed E-state index contributed by atoms with van der Waals surface area (Å²) in [5, 5.41) is 3.95. The molecule has 20 heavy (non-hydrogen) atoms. The number of methoxy groups -OCH3 is 1. The molecule has 0 amide bonds. The minimum atomic E-state index is -0.278. The molecule has 2 unspecified atom stereocenters. The number of benzene rings is 1. The van der Waals surface area contributed by atoms with Crippen molar-refractivity contribution in [1.29, 1.82) is 0 Å². The summed E-state index contributed by atoms with van der Waals surface area (Å²) in [7, 11) is 1.58. The average molecular weight is 294 g/mol. The number of ether oxygens (including phenoxy) is 1. The van der Waals surface area contributed by atoms with Gasteiger partial charge >= 0.3 is 0 Å². The first-order valence-corrected chi connectivity index (χ1v) is 8.06. The highest BCUT2D eigenvalue weighted by Gasteiger charge is 2.29. The van der Waals surface area contributed by atoms with Gasteiger partial charge in [0.05, 0.1) is 18.8 Å². The van der Waals surface area contributed by atoms with Gasteiger partial charge in [-0.25, -0.2) is 4.39 Å². The van der Waals surface area contributed by atoms with Crippen molar-refractivity contribution in [1.82, 2.24) is 0 Å². The Balaban J connectivity index is 1.76. The molecule has 0 spiro atoms. The van der Waals surface area contributed by atoms with Crippen LogP contribution in [0.2, 0.25) is 0 Å². The number of aliphatic imine (C=N–C) groups is 1. The smallest absolute Gasteiger partial charge is 0.161 e. The number of fused-ring (bicyclic) bond motifs is 1. The molecule has 1 saturated carbocycles. The number of rotatable bonds is 2. The quantitative estimate of drug-likeness (QED) is 0.898. The summed E-state index contributed by atoms with van der Waals surface area (Å²) in [6.07, 6.45) is 5.03. The second-order valence-electron chi connectivity index (χ2n) is 5.33. The van der Waals surface area contributed by atoms with Crippen LogP contribution >= 0.6 is 11.8 Å². The van der Waals surface area contributed by atoms with Crippen LogP contribution in [-0.4, -0.2) is 24.1 Å². The zero-order valence-corrected chi connectivity index (χ0v) is 12.4. The molecule has 108 valence electrons. The molecule has 1 aromatic carbocycles. The van der Waals surface area contributed by atoms with Gasteiger partial charge in [0.2, 0.25) is 0 Å². The number of halogens is 1. The van der Waals surface area contributed by atoms with Crippen LogP contribution in [0.25, 0.3) is 0 Å². The van der Waals surface area contributed by atoms with Gasteiger partial charge in [0.1, 0.15) is 11.6 Å². The predicted molar refractivity (Wildman–Crippen MR) is 82.2 cm³/mol. The zero-order chi connectivity index (χ0) is 13.9. The second-order valence-corrected chi connectivity index (χ2v) is 6.34. The largest absolute Gasteiger partial charge is 0.497 e. The molecule has 5 heteroatoms. The van der Waals surface area contributed by atoms with Gasteiger partial charge in [-0.3, -0.25) is 4.99 Å². The van der Waals surface area contributed by atoms with E-state index in [1.807, 2.05) is 0 Å². The molecule has 0 saturated heterocycles. The number of hydrogen-bond acceptors (Lipinski definition) is 4. The molecule has 1 aliphatic carbocycles. The monoisotopic (exact) mass is 294 g/mol. The Hall–Kier alpha value is -1.23. The topological polar surface area (TPSA) is 33.6 Å². The van der Waals surface area contributed by atoms with Gasteiger partial charge in [0.25, 0.3) is 0 Å². The van der Waals surface area contributed by atoms with Crippen molar-refractivity contribution in [3.63, 3.8) is 0 Å². The molecule has 1 aromatic rings. The van der Waals surface area contributed by atoms with Crippen molar-refractivity contribution < 1.29 is 9.13 Å². The van der Waals surface area contributed by atoms with Gasteiger partial charge in [-0.05, 0) is 30.9 Å². The molecule has 1 aliphatic heterocycles. The summed E-state index contributed by atoms with van der Waals surface area (Å²) >= 11 is 1.70. The maximum Gasteiger partial charge on any atom is 0.161 e. The first-order chi connectivity index (χ1) is 9.76. The molecule has 2 atom stereocenters. The van der Waals surface area contributed by atoms with Crippen molar-refractivity contribution in [2.24, 2.45) is 10.9 Å². The molecule has 1 fully saturated rings. The highest BCUT2D eigenvalue weighted by molar-refractivity contribution is 8.14. The fourth-order valence-corrected chi connectivity index (χ4v) is 3.99. The van der Waals surface area contributed by atoms with Crippen LogP contribution in [0.1, 0.15) is 25.7 Å². The lowest BCUT2D eigenvalue weighted by Crippen LogP contribution is -2.31. The van der Waals surface area contributed by atoms with Crippen LogP contribution in [0.3, 0.4) is 0 Å². The Morgan fingerprint density at radius 2 is 2.20 bits per heavy atom. The van der Waals surface area contributed by atoms with E-state index in [4.69, 9.17) is 9.73 Å². The number of anilines is 1. The maximum atomic E-state index is 13.8. The fraction of sp³-hybridized carbons (Fsp3) is 0.533. The molecule has 0 bridgehead atoms. The van der Waals surface area contributed by atoms with Crippen molar-refractivity contribution >= 4 is 22.6 Å². The van der Waals surface area contributed by atoms with E-state index in [2.05, 4.69) is 5.32 Å². The van der Waals surface area contributed by atoms with Crippen LogP contribution in [0.4, 0.5) is 10.1 Å². The minimum Gasteiger partial charge on any atom is -0.497 e. The third-order valence-corrected chi connectivity index (χ3v) is 5.08. The molecule has 3 rings (SSSR count). The van der Waals surface area contributed by atoms with Gasteiger partial charge in [-0.1, -0.05) is 24.6 Å². The first kappa shape index (κ1) is 13.7. The summed E-state index contributed by atoms with van der Waals surface area (Å²) in [6.45, 7) is 0. The number of thioether (sulfide) groups is 1. The Labute approximate surface area is 123 Å². The van der Waals surface area contributed by atoms with Gasteiger partial charge < -0.3 is 10.1 Å². The highest BCUT2D eigenvalue weighted by atomic mass is 32.2. The van der Waals surface area contributed by atoms with Gasteiger partial charge in [-0.2, -0.15) is 0 Å². The van der Waals surface area contributed by atoms with E-state index in [1.54, 1.807) is 31.0 Å². The number of amidine groups is 1. The summed E-state index contributed by atoms with van der Waals surface area (Å²) in [5.74, 6) is 2.16. The molecule has 0 radical (unpaired) electrons. The Morgan fingerprint density at radius 3 is 3.05 bits per heavy atom.